The summed E-state index contributed by atoms with van der Waals surface area (Å²) in [5.41, 5.74) is 2.15. The SMILES string of the molecule is Cc1c([C@@H](C)Nc2nnc(C)c3ncc(N4CCOC[C@@H]4CO)cc23)cccc1C(F)(F)F. The Bertz CT molecular complexity index is 1150. The highest BCUT2D eigenvalue weighted by Gasteiger charge is 2.33. The number of fused-ring (bicyclic) bond motifs is 1. The molecule has 1 saturated heterocycles. The summed E-state index contributed by atoms with van der Waals surface area (Å²) in [6.07, 6.45) is -2.69. The van der Waals surface area contributed by atoms with Gasteiger partial charge in [-0.25, -0.2) is 0 Å². The Balaban J connectivity index is 1.72. The molecule has 0 amide bonds. The lowest BCUT2D eigenvalue weighted by Gasteiger charge is -2.36. The van der Waals surface area contributed by atoms with Crippen LogP contribution in [0.3, 0.4) is 0 Å². The van der Waals surface area contributed by atoms with Crippen molar-refractivity contribution in [1.82, 2.24) is 15.2 Å². The van der Waals surface area contributed by atoms with Crippen LogP contribution < -0.4 is 10.2 Å². The standard InChI is InChI=1S/C23H26F3N5O2/c1-13-18(5-4-6-20(13)23(24,25)26)14(2)28-22-19-9-16(10-27-21(19)15(3)29-30-22)31-7-8-33-12-17(31)11-32/h4-6,9-10,14,17,32H,7-8,11-12H2,1-3H3,(H,28,30)/t14-,17+/m1/s1. The van der Waals surface area contributed by atoms with E-state index in [9.17, 15) is 18.3 Å². The third kappa shape index (κ3) is 4.58. The molecular formula is C23H26F3N5O2. The summed E-state index contributed by atoms with van der Waals surface area (Å²) in [6.45, 7) is 6.58. The molecule has 0 aliphatic carbocycles. The smallest absolute Gasteiger partial charge is 0.394 e. The van der Waals surface area contributed by atoms with Crippen LogP contribution in [0.15, 0.2) is 30.5 Å². The lowest BCUT2D eigenvalue weighted by Crippen LogP contribution is -2.47. The third-order valence-electron chi connectivity index (χ3n) is 6.04. The van der Waals surface area contributed by atoms with Crippen molar-refractivity contribution in [3.8, 4) is 0 Å². The van der Waals surface area contributed by atoms with Crippen molar-refractivity contribution in [3.63, 3.8) is 0 Å². The molecule has 4 rings (SSSR count). The van der Waals surface area contributed by atoms with Gasteiger partial charge in [0.1, 0.15) is 0 Å². The monoisotopic (exact) mass is 461 g/mol. The normalized spacial score (nSPS) is 17.9. The maximum atomic E-state index is 13.4. The first kappa shape index (κ1) is 23.2. The first-order valence-corrected chi connectivity index (χ1v) is 10.7. The first-order valence-electron chi connectivity index (χ1n) is 10.7. The maximum absolute atomic E-state index is 13.4. The molecule has 0 bridgehead atoms. The molecule has 1 fully saturated rings. The summed E-state index contributed by atoms with van der Waals surface area (Å²) >= 11 is 0. The zero-order valence-corrected chi connectivity index (χ0v) is 18.6. The van der Waals surface area contributed by atoms with Gasteiger partial charge in [-0.2, -0.15) is 18.3 Å². The number of morpholine rings is 1. The molecule has 3 aromatic rings. The second-order valence-corrected chi connectivity index (χ2v) is 8.21. The molecule has 3 heterocycles. The fourth-order valence-corrected chi connectivity index (χ4v) is 4.27. The number of benzene rings is 1. The van der Waals surface area contributed by atoms with Crippen molar-refractivity contribution in [1.29, 1.82) is 0 Å². The fourth-order valence-electron chi connectivity index (χ4n) is 4.27. The highest BCUT2D eigenvalue weighted by atomic mass is 19.4. The number of hydrogen-bond acceptors (Lipinski definition) is 7. The Morgan fingerprint density at radius 3 is 2.79 bits per heavy atom. The third-order valence-corrected chi connectivity index (χ3v) is 6.04. The second-order valence-electron chi connectivity index (χ2n) is 8.21. The number of aliphatic hydroxyl groups is 1. The van der Waals surface area contributed by atoms with E-state index in [4.69, 9.17) is 4.74 Å². The molecule has 2 atom stereocenters. The van der Waals surface area contributed by atoms with Gasteiger partial charge in [0.15, 0.2) is 5.82 Å². The van der Waals surface area contributed by atoms with E-state index < -0.39 is 17.8 Å². The average Bonchev–Trinajstić information content (AvgIpc) is 2.80. The Morgan fingerprint density at radius 2 is 2.06 bits per heavy atom. The summed E-state index contributed by atoms with van der Waals surface area (Å²) in [7, 11) is 0. The van der Waals surface area contributed by atoms with Crippen LogP contribution in [-0.4, -0.2) is 52.7 Å². The molecule has 1 aromatic carbocycles. The van der Waals surface area contributed by atoms with E-state index in [-0.39, 0.29) is 18.2 Å². The fraction of sp³-hybridized carbons (Fsp3) is 0.435. The molecule has 0 unspecified atom stereocenters. The van der Waals surface area contributed by atoms with Gasteiger partial charge in [0, 0.05) is 11.9 Å². The van der Waals surface area contributed by atoms with E-state index in [2.05, 4.69) is 20.5 Å². The highest BCUT2D eigenvalue weighted by Crippen LogP contribution is 2.36. The van der Waals surface area contributed by atoms with Crippen LogP contribution in [0, 0.1) is 13.8 Å². The van der Waals surface area contributed by atoms with Crippen molar-refractivity contribution in [2.24, 2.45) is 0 Å². The van der Waals surface area contributed by atoms with Crippen molar-refractivity contribution in [2.45, 2.75) is 39.0 Å². The van der Waals surface area contributed by atoms with Crippen molar-refractivity contribution >= 4 is 22.4 Å². The number of anilines is 2. The zero-order chi connectivity index (χ0) is 23.8. The van der Waals surface area contributed by atoms with Crippen molar-refractivity contribution in [2.75, 3.05) is 36.6 Å². The summed E-state index contributed by atoms with van der Waals surface area (Å²) in [5.74, 6) is 0.433. The number of ether oxygens (including phenoxy) is 1. The van der Waals surface area contributed by atoms with Crippen LogP contribution in [-0.2, 0) is 10.9 Å². The predicted molar refractivity (Wildman–Crippen MR) is 119 cm³/mol. The summed E-state index contributed by atoms with van der Waals surface area (Å²) < 4.78 is 45.6. The molecule has 2 N–H and O–H groups in total. The molecule has 0 spiro atoms. The number of nitrogens with zero attached hydrogens (tertiary/aromatic N) is 4. The van der Waals surface area contributed by atoms with Crippen LogP contribution in [0.2, 0.25) is 0 Å². The average molecular weight is 461 g/mol. The molecule has 1 aliphatic heterocycles. The molecule has 176 valence electrons. The lowest BCUT2D eigenvalue weighted by molar-refractivity contribution is -0.138. The minimum absolute atomic E-state index is 0.0530. The molecule has 10 heteroatoms. The minimum atomic E-state index is -4.42. The molecule has 0 saturated carbocycles. The summed E-state index contributed by atoms with van der Waals surface area (Å²) in [5, 5.41) is 22.1. The van der Waals surface area contributed by atoms with E-state index in [0.717, 1.165) is 11.8 Å². The molecule has 33 heavy (non-hydrogen) atoms. The first-order chi connectivity index (χ1) is 15.7. The van der Waals surface area contributed by atoms with E-state index >= 15 is 0 Å². The quantitative estimate of drug-likeness (QED) is 0.594. The maximum Gasteiger partial charge on any atom is 0.416 e. The van der Waals surface area contributed by atoms with E-state index in [1.807, 2.05) is 11.0 Å². The topological polar surface area (TPSA) is 83.4 Å². The van der Waals surface area contributed by atoms with Gasteiger partial charge in [0.25, 0.3) is 0 Å². The Labute approximate surface area is 189 Å². The zero-order valence-electron chi connectivity index (χ0n) is 18.6. The van der Waals surface area contributed by atoms with E-state index in [1.165, 1.54) is 13.0 Å². The van der Waals surface area contributed by atoms with Gasteiger partial charge in [0.05, 0.1) is 60.6 Å². The van der Waals surface area contributed by atoms with Gasteiger partial charge in [0.2, 0.25) is 0 Å². The highest BCUT2D eigenvalue weighted by molar-refractivity contribution is 5.92. The van der Waals surface area contributed by atoms with Gasteiger partial charge in [-0.05, 0) is 44.0 Å². The van der Waals surface area contributed by atoms with Crippen LogP contribution in [0.25, 0.3) is 10.9 Å². The molecule has 1 aliphatic rings. The number of aliphatic hydroxyl groups excluding tert-OH is 1. The molecule has 2 aromatic heterocycles. The number of aromatic nitrogens is 3. The largest absolute Gasteiger partial charge is 0.416 e. The Hall–Kier alpha value is -2.98. The number of pyridine rings is 1. The van der Waals surface area contributed by atoms with Crippen LogP contribution in [0.1, 0.15) is 35.3 Å². The molecule has 7 nitrogen and oxygen atoms in total. The number of alkyl halides is 3. The lowest BCUT2D eigenvalue weighted by atomic mass is 9.97. The number of nitrogens with one attached hydrogen (secondary N) is 1. The molecule has 0 radical (unpaired) electrons. The number of halogens is 3. The summed E-state index contributed by atoms with van der Waals surface area (Å²) in [6, 6.07) is 5.46. The molecular weight excluding hydrogens is 435 g/mol. The predicted octanol–water partition coefficient (Wildman–Crippen LogP) is 4.03. The van der Waals surface area contributed by atoms with Crippen molar-refractivity contribution < 1.29 is 23.0 Å². The van der Waals surface area contributed by atoms with Crippen molar-refractivity contribution in [3.05, 3.63) is 52.8 Å². The minimum Gasteiger partial charge on any atom is -0.394 e. The Morgan fingerprint density at radius 1 is 1.27 bits per heavy atom. The van der Waals surface area contributed by atoms with Crippen LogP contribution in [0.5, 0.6) is 0 Å². The Kier molecular flexibility index (Phi) is 6.40. The number of rotatable bonds is 5. The van der Waals surface area contributed by atoms with E-state index in [1.54, 1.807) is 26.1 Å². The van der Waals surface area contributed by atoms with Gasteiger partial charge in [-0.1, -0.05) is 12.1 Å². The van der Waals surface area contributed by atoms with Crippen LogP contribution >= 0.6 is 0 Å². The van der Waals surface area contributed by atoms with Gasteiger partial charge < -0.3 is 20.1 Å². The van der Waals surface area contributed by atoms with E-state index in [0.29, 0.717) is 47.7 Å². The number of hydrogen-bond donors (Lipinski definition) is 2. The summed E-state index contributed by atoms with van der Waals surface area (Å²) in [4.78, 5) is 6.61. The van der Waals surface area contributed by atoms with Gasteiger partial charge >= 0.3 is 6.18 Å². The second kappa shape index (κ2) is 9.11. The van der Waals surface area contributed by atoms with Crippen LogP contribution in [0.4, 0.5) is 24.7 Å². The number of aryl methyl sites for hydroxylation is 1. The van der Waals surface area contributed by atoms with Gasteiger partial charge in [-0.15, -0.1) is 5.10 Å². The van der Waals surface area contributed by atoms with Gasteiger partial charge in [-0.3, -0.25) is 4.98 Å².